The molecule has 0 spiro atoms. The molecule has 3 rings (SSSR count). The van der Waals surface area contributed by atoms with E-state index >= 15 is 0 Å². The lowest BCUT2D eigenvalue weighted by Crippen LogP contribution is -2.51. The first-order valence-corrected chi connectivity index (χ1v) is 9.99. The van der Waals surface area contributed by atoms with Crippen LogP contribution in [0.2, 0.25) is 0 Å². The Balaban J connectivity index is 1.61. The number of anilines is 2. The first kappa shape index (κ1) is 19.7. The minimum atomic E-state index is -0.166. The zero-order valence-electron chi connectivity index (χ0n) is 16.6. The SMILES string of the molecule is CC(C)CN1C(=O)CC[C@@H](C(=O)Nc2ccc(N3CCOCC3)cc2)[C@H]1C. The molecule has 2 aliphatic heterocycles. The number of carbonyl (C=O) groups is 2. The number of rotatable bonds is 5. The Kier molecular flexibility index (Phi) is 6.37. The Morgan fingerprint density at radius 3 is 2.52 bits per heavy atom. The van der Waals surface area contributed by atoms with Gasteiger partial charge in [-0.3, -0.25) is 9.59 Å². The second kappa shape index (κ2) is 8.74. The number of carbonyl (C=O) groups excluding carboxylic acids is 2. The van der Waals surface area contributed by atoms with E-state index in [1.54, 1.807) is 0 Å². The van der Waals surface area contributed by atoms with Gasteiger partial charge >= 0.3 is 0 Å². The van der Waals surface area contributed by atoms with Crippen molar-refractivity contribution < 1.29 is 14.3 Å². The first-order chi connectivity index (χ1) is 13.0. The number of morpholine rings is 1. The van der Waals surface area contributed by atoms with Crippen molar-refractivity contribution in [3.8, 4) is 0 Å². The maximum atomic E-state index is 12.8. The fourth-order valence-electron chi connectivity index (χ4n) is 3.93. The third-order valence-corrected chi connectivity index (χ3v) is 5.47. The van der Waals surface area contributed by atoms with Crippen LogP contribution in [-0.4, -0.2) is 55.6 Å². The van der Waals surface area contributed by atoms with Crippen LogP contribution in [0.25, 0.3) is 0 Å². The van der Waals surface area contributed by atoms with Gasteiger partial charge < -0.3 is 19.9 Å². The quantitative estimate of drug-likeness (QED) is 0.862. The van der Waals surface area contributed by atoms with Crippen molar-refractivity contribution in [1.29, 1.82) is 0 Å². The van der Waals surface area contributed by atoms with Gasteiger partial charge in [-0.2, -0.15) is 0 Å². The van der Waals surface area contributed by atoms with Gasteiger partial charge in [-0.25, -0.2) is 0 Å². The van der Waals surface area contributed by atoms with Crippen molar-refractivity contribution in [3.05, 3.63) is 24.3 Å². The summed E-state index contributed by atoms with van der Waals surface area (Å²) in [5.41, 5.74) is 1.95. The molecule has 0 aliphatic carbocycles. The Bertz CT molecular complexity index is 653. The summed E-state index contributed by atoms with van der Waals surface area (Å²) >= 11 is 0. The molecule has 0 saturated carbocycles. The van der Waals surface area contributed by atoms with E-state index in [0.717, 1.165) is 37.7 Å². The highest BCUT2D eigenvalue weighted by molar-refractivity contribution is 5.94. The third-order valence-electron chi connectivity index (χ3n) is 5.47. The summed E-state index contributed by atoms with van der Waals surface area (Å²) in [7, 11) is 0. The summed E-state index contributed by atoms with van der Waals surface area (Å²) in [6.07, 6.45) is 1.07. The summed E-state index contributed by atoms with van der Waals surface area (Å²) in [5.74, 6) is 0.393. The van der Waals surface area contributed by atoms with Gasteiger partial charge in [0, 0.05) is 43.5 Å². The molecule has 1 aromatic carbocycles. The van der Waals surface area contributed by atoms with E-state index in [9.17, 15) is 9.59 Å². The average molecular weight is 373 g/mol. The molecule has 2 atom stereocenters. The van der Waals surface area contributed by atoms with Crippen molar-refractivity contribution in [3.63, 3.8) is 0 Å². The van der Waals surface area contributed by atoms with Gasteiger partial charge in [-0.15, -0.1) is 0 Å². The predicted molar refractivity (Wildman–Crippen MR) is 107 cm³/mol. The molecule has 2 aliphatic rings. The van der Waals surface area contributed by atoms with Crippen molar-refractivity contribution in [2.45, 2.75) is 39.7 Å². The zero-order valence-corrected chi connectivity index (χ0v) is 16.6. The Labute approximate surface area is 161 Å². The number of nitrogens with zero attached hydrogens (tertiary/aromatic N) is 2. The van der Waals surface area contributed by atoms with Gasteiger partial charge in [0.1, 0.15) is 0 Å². The van der Waals surface area contributed by atoms with Crippen molar-refractivity contribution in [2.24, 2.45) is 11.8 Å². The van der Waals surface area contributed by atoms with Crippen molar-refractivity contribution in [2.75, 3.05) is 43.1 Å². The largest absolute Gasteiger partial charge is 0.378 e. The van der Waals surface area contributed by atoms with Crippen LogP contribution in [0.15, 0.2) is 24.3 Å². The standard InChI is InChI=1S/C21H31N3O3/c1-15(2)14-24-16(3)19(8-9-20(24)25)21(26)22-17-4-6-18(7-5-17)23-10-12-27-13-11-23/h4-7,15-16,19H,8-14H2,1-3H3,(H,22,26)/t16-,19-/m1/s1. The van der Waals surface area contributed by atoms with Crippen LogP contribution < -0.4 is 10.2 Å². The monoisotopic (exact) mass is 373 g/mol. The number of likely N-dealkylation sites (tertiary alicyclic amines) is 1. The lowest BCUT2D eigenvalue weighted by Gasteiger charge is -2.39. The molecule has 0 radical (unpaired) electrons. The van der Waals surface area contributed by atoms with E-state index in [1.165, 1.54) is 0 Å². The normalized spacial score (nSPS) is 23.6. The molecule has 6 heteroatoms. The Hall–Kier alpha value is -2.08. The number of hydrogen-bond acceptors (Lipinski definition) is 4. The van der Waals surface area contributed by atoms with Gasteiger partial charge in [-0.1, -0.05) is 13.8 Å². The van der Waals surface area contributed by atoms with E-state index in [-0.39, 0.29) is 23.8 Å². The van der Waals surface area contributed by atoms with Gasteiger partial charge in [-0.05, 0) is 43.5 Å². The molecule has 2 saturated heterocycles. The molecule has 2 heterocycles. The summed E-state index contributed by atoms with van der Waals surface area (Å²) in [6.45, 7) is 10.2. The topological polar surface area (TPSA) is 61.9 Å². The van der Waals surface area contributed by atoms with Gasteiger partial charge in [0.2, 0.25) is 11.8 Å². The predicted octanol–water partition coefficient (Wildman–Crippen LogP) is 2.74. The van der Waals surface area contributed by atoms with Crippen LogP contribution in [0, 0.1) is 11.8 Å². The smallest absolute Gasteiger partial charge is 0.229 e. The summed E-state index contributed by atoms with van der Waals surface area (Å²) in [4.78, 5) is 29.2. The zero-order chi connectivity index (χ0) is 19.4. The number of benzene rings is 1. The maximum absolute atomic E-state index is 12.8. The number of piperidine rings is 1. The molecule has 0 aromatic heterocycles. The van der Waals surface area contributed by atoms with E-state index in [0.29, 0.717) is 25.3 Å². The summed E-state index contributed by atoms with van der Waals surface area (Å²) < 4.78 is 5.39. The molecule has 148 valence electrons. The van der Waals surface area contributed by atoms with Gasteiger partial charge in [0.25, 0.3) is 0 Å². The fourth-order valence-corrected chi connectivity index (χ4v) is 3.93. The Morgan fingerprint density at radius 2 is 1.89 bits per heavy atom. The number of hydrogen-bond donors (Lipinski definition) is 1. The van der Waals surface area contributed by atoms with Crippen molar-refractivity contribution in [1.82, 2.24) is 4.90 Å². The van der Waals surface area contributed by atoms with E-state index in [1.807, 2.05) is 36.1 Å². The van der Waals surface area contributed by atoms with Crippen LogP contribution in [-0.2, 0) is 14.3 Å². The van der Waals surface area contributed by atoms with E-state index in [4.69, 9.17) is 4.74 Å². The maximum Gasteiger partial charge on any atom is 0.229 e. The highest BCUT2D eigenvalue weighted by atomic mass is 16.5. The van der Waals surface area contributed by atoms with Crippen LogP contribution in [0.5, 0.6) is 0 Å². The molecule has 2 fully saturated rings. The molecular formula is C21H31N3O3. The van der Waals surface area contributed by atoms with Crippen LogP contribution in [0.4, 0.5) is 11.4 Å². The number of ether oxygens (including phenoxy) is 1. The first-order valence-electron chi connectivity index (χ1n) is 9.99. The third kappa shape index (κ3) is 4.80. The highest BCUT2D eigenvalue weighted by Gasteiger charge is 2.36. The van der Waals surface area contributed by atoms with Crippen LogP contribution in [0.3, 0.4) is 0 Å². The minimum absolute atomic E-state index is 0.00267. The fraction of sp³-hybridized carbons (Fsp3) is 0.619. The lowest BCUT2D eigenvalue weighted by atomic mass is 9.88. The number of amides is 2. The molecule has 1 N–H and O–H groups in total. The molecular weight excluding hydrogens is 342 g/mol. The second-order valence-corrected chi connectivity index (χ2v) is 7.96. The van der Waals surface area contributed by atoms with Crippen molar-refractivity contribution >= 4 is 23.2 Å². The molecule has 0 unspecified atom stereocenters. The van der Waals surface area contributed by atoms with Crippen LogP contribution in [0.1, 0.15) is 33.6 Å². The summed E-state index contributed by atoms with van der Waals surface area (Å²) in [5, 5.41) is 3.04. The minimum Gasteiger partial charge on any atom is -0.378 e. The van der Waals surface area contributed by atoms with E-state index < -0.39 is 0 Å². The molecule has 6 nitrogen and oxygen atoms in total. The summed E-state index contributed by atoms with van der Waals surface area (Å²) in [6, 6.07) is 7.92. The molecule has 0 bridgehead atoms. The lowest BCUT2D eigenvalue weighted by molar-refractivity contribution is -0.141. The molecule has 27 heavy (non-hydrogen) atoms. The molecule has 2 amide bonds. The molecule has 1 aromatic rings. The Morgan fingerprint density at radius 1 is 1.22 bits per heavy atom. The average Bonchev–Trinajstić information content (AvgIpc) is 2.66. The van der Waals surface area contributed by atoms with E-state index in [2.05, 4.69) is 24.1 Å². The van der Waals surface area contributed by atoms with Crippen LogP contribution >= 0.6 is 0 Å². The van der Waals surface area contributed by atoms with Gasteiger partial charge in [0.15, 0.2) is 0 Å². The number of nitrogens with one attached hydrogen (secondary N) is 1. The second-order valence-electron chi connectivity index (χ2n) is 7.96. The van der Waals surface area contributed by atoms with Gasteiger partial charge in [0.05, 0.1) is 19.1 Å². The highest BCUT2D eigenvalue weighted by Crippen LogP contribution is 2.27.